The summed E-state index contributed by atoms with van der Waals surface area (Å²) >= 11 is 6.49. The minimum Gasteiger partial charge on any atom is -0.462 e. The molecule has 2 heterocycles. The Morgan fingerprint density at radius 3 is 2.62 bits per heavy atom. The maximum absolute atomic E-state index is 15.9. The van der Waals surface area contributed by atoms with E-state index in [-0.39, 0.29) is 41.2 Å². The highest BCUT2D eigenvalue weighted by atomic mass is 35.5. The van der Waals surface area contributed by atoms with E-state index >= 15 is 4.39 Å². The second-order valence-electron chi connectivity index (χ2n) is 10.00. The fourth-order valence-electron chi connectivity index (χ4n) is 5.68. The van der Waals surface area contributed by atoms with Crippen LogP contribution in [0.2, 0.25) is 0 Å². The van der Waals surface area contributed by atoms with Crippen molar-refractivity contribution in [2.24, 2.45) is 5.92 Å². The van der Waals surface area contributed by atoms with Gasteiger partial charge in [-0.3, -0.25) is 9.59 Å². The fourth-order valence-corrected chi connectivity index (χ4v) is 5.86. The number of rotatable bonds is 3. The number of anilines is 1. The molecule has 1 fully saturated rings. The topological polar surface area (TPSA) is 76.2 Å². The summed E-state index contributed by atoms with van der Waals surface area (Å²) in [4.78, 5) is 41.6. The number of ether oxygens (including phenoxy) is 2. The Morgan fingerprint density at radius 2 is 1.95 bits per heavy atom. The number of hydrogen-bond donors (Lipinski definition) is 0. The molecule has 1 aromatic carbocycles. The summed E-state index contributed by atoms with van der Waals surface area (Å²) < 4.78 is 27.6. The first-order valence-corrected chi connectivity index (χ1v) is 13.1. The van der Waals surface area contributed by atoms with Crippen LogP contribution in [0.3, 0.4) is 0 Å². The number of nitrogens with zero attached hydrogens (tertiary/aromatic N) is 2. The van der Waals surface area contributed by atoms with Gasteiger partial charge in [-0.05, 0) is 55.7 Å². The molecule has 2 atom stereocenters. The highest BCUT2D eigenvalue weighted by Gasteiger charge is 2.39. The monoisotopic (exact) mass is 528 g/mol. The van der Waals surface area contributed by atoms with Crippen molar-refractivity contribution in [3.8, 4) is 5.75 Å². The summed E-state index contributed by atoms with van der Waals surface area (Å²) in [5.41, 5.74) is 1.99. The number of allylic oxidation sites excluding steroid dienone is 4. The van der Waals surface area contributed by atoms with Gasteiger partial charge in [-0.1, -0.05) is 24.6 Å². The molecule has 0 radical (unpaired) electrons. The highest BCUT2D eigenvalue weighted by molar-refractivity contribution is 6.30. The molecule has 2 unspecified atom stereocenters. The molecular formula is C28H30ClFN2O5. The summed E-state index contributed by atoms with van der Waals surface area (Å²) in [5, 5.41) is 0.666. The second-order valence-corrected chi connectivity index (χ2v) is 10.4. The Hall–Kier alpha value is -3.13. The maximum Gasteiger partial charge on any atom is 0.341 e. The number of carbonyl (C=O) groups is 3. The number of ketones is 1. The lowest BCUT2D eigenvalue weighted by Crippen LogP contribution is -2.48. The smallest absolute Gasteiger partial charge is 0.341 e. The number of carbonyl (C=O) groups excluding carboxylic acids is 3. The molecule has 1 aromatic rings. The van der Waals surface area contributed by atoms with Gasteiger partial charge in [0, 0.05) is 49.3 Å². The van der Waals surface area contributed by atoms with E-state index in [2.05, 4.69) is 0 Å². The first kappa shape index (κ1) is 25.5. The molecule has 2 aliphatic heterocycles. The number of hydrogen-bond acceptors (Lipinski definition) is 6. The van der Waals surface area contributed by atoms with Gasteiger partial charge in [-0.2, -0.15) is 0 Å². The zero-order chi connectivity index (χ0) is 26.4. The number of esters is 1. The van der Waals surface area contributed by atoms with E-state index in [0.29, 0.717) is 67.5 Å². The molecule has 0 aromatic heterocycles. The van der Waals surface area contributed by atoms with Gasteiger partial charge in [-0.25, -0.2) is 9.18 Å². The average molecular weight is 529 g/mol. The van der Waals surface area contributed by atoms with Crippen molar-refractivity contribution in [3.63, 3.8) is 0 Å². The van der Waals surface area contributed by atoms with Crippen LogP contribution in [-0.2, 0) is 14.3 Å². The van der Waals surface area contributed by atoms with Crippen LogP contribution < -0.4 is 9.64 Å². The van der Waals surface area contributed by atoms with Crippen LogP contribution in [0.4, 0.5) is 10.1 Å². The third-order valence-electron chi connectivity index (χ3n) is 7.63. The summed E-state index contributed by atoms with van der Waals surface area (Å²) in [6, 6.07) is 1.23. The number of amides is 1. The summed E-state index contributed by atoms with van der Waals surface area (Å²) in [7, 11) is 0. The minimum absolute atomic E-state index is 0.0226. The van der Waals surface area contributed by atoms with E-state index in [1.165, 1.54) is 13.0 Å². The molecule has 9 heteroatoms. The molecule has 0 saturated carbocycles. The summed E-state index contributed by atoms with van der Waals surface area (Å²) in [5.74, 6) is -1.07. The standard InChI is InChI=1S/C28H30ClFN2O5/c1-4-36-28(35)19-6-5-17-12-18-11-15(2)21(29)14-23(18)37-27-24(17)20(26(19)34)13-22(30)25(27)32-9-7-31(8-10-32)16(3)33/h6,13-15,17H,4-5,7-12H2,1-3H3. The van der Waals surface area contributed by atoms with Crippen LogP contribution in [0.5, 0.6) is 5.75 Å². The molecule has 196 valence electrons. The molecule has 7 nitrogen and oxygen atoms in total. The molecule has 0 spiro atoms. The van der Waals surface area contributed by atoms with Crippen LogP contribution in [0, 0.1) is 11.7 Å². The van der Waals surface area contributed by atoms with Crippen LogP contribution in [0.15, 0.2) is 40.2 Å². The minimum atomic E-state index is -0.704. The lowest BCUT2D eigenvalue weighted by atomic mass is 9.83. The zero-order valence-electron chi connectivity index (χ0n) is 21.2. The van der Waals surface area contributed by atoms with Crippen molar-refractivity contribution in [1.82, 2.24) is 4.90 Å². The first-order chi connectivity index (χ1) is 17.7. The van der Waals surface area contributed by atoms with Gasteiger partial charge in [0.2, 0.25) is 11.7 Å². The number of halogens is 2. The Kier molecular flexibility index (Phi) is 6.88. The van der Waals surface area contributed by atoms with Crippen LogP contribution in [0.1, 0.15) is 61.9 Å². The SMILES string of the molecule is CCOC(=O)C1=CCC2CC3=C(C=C(Cl)C(C)C3)Oc3c2c(cc(F)c3N2CCN(C(C)=O)CC2)C1=O. The molecule has 37 heavy (non-hydrogen) atoms. The third kappa shape index (κ3) is 4.56. The Bertz CT molecular complexity index is 1280. The largest absolute Gasteiger partial charge is 0.462 e. The van der Waals surface area contributed by atoms with Crippen molar-refractivity contribution >= 4 is 34.9 Å². The molecular weight excluding hydrogens is 499 g/mol. The van der Waals surface area contributed by atoms with Crippen molar-refractivity contribution in [3.05, 3.63) is 57.1 Å². The lowest BCUT2D eigenvalue weighted by molar-refractivity contribution is -0.138. The summed E-state index contributed by atoms with van der Waals surface area (Å²) in [6.07, 6.45) is 5.13. The highest BCUT2D eigenvalue weighted by Crippen LogP contribution is 2.51. The van der Waals surface area contributed by atoms with Crippen LogP contribution in [0.25, 0.3) is 0 Å². The molecule has 5 rings (SSSR count). The van der Waals surface area contributed by atoms with Gasteiger partial charge in [-0.15, -0.1) is 0 Å². The zero-order valence-corrected chi connectivity index (χ0v) is 22.0. The van der Waals surface area contributed by atoms with Gasteiger partial charge in [0.25, 0.3) is 0 Å². The van der Waals surface area contributed by atoms with Crippen LogP contribution >= 0.6 is 11.6 Å². The predicted molar refractivity (Wildman–Crippen MR) is 137 cm³/mol. The predicted octanol–water partition coefficient (Wildman–Crippen LogP) is 4.85. The number of benzene rings is 1. The second kappa shape index (κ2) is 9.97. The third-order valence-corrected chi connectivity index (χ3v) is 8.11. The molecule has 0 N–H and O–H groups in total. The Balaban J connectivity index is 1.66. The van der Waals surface area contributed by atoms with E-state index in [9.17, 15) is 14.4 Å². The van der Waals surface area contributed by atoms with Gasteiger partial charge >= 0.3 is 5.97 Å². The molecule has 1 amide bonds. The van der Waals surface area contributed by atoms with Gasteiger partial charge in [0.15, 0.2) is 11.6 Å². The molecule has 2 aliphatic carbocycles. The van der Waals surface area contributed by atoms with E-state index in [0.717, 1.165) is 5.57 Å². The van der Waals surface area contributed by atoms with Crippen molar-refractivity contribution in [2.45, 2.75) is 46.0 Å². The number of Topliss-reactive ketones (excluding diaryl/α,β-unsaturated/α-hetero) is 1. The Labute approximate surface area is 220 Å². The first-order valence-electron chi connectivity index (χ1n) is 12.7. The van der Waals surface area contributed by atoms with Gasteiger partial charge in [0.05, 0.1) is 6.61 Å². The van der Waals surface area contributed by atoms with E-state index in [4.69, 9.17) is 21.1 Å². The van der Waals surface area contributed by atoms with Gasteiger partial charge < -0.3 is 19.3 Å². The van der Waals surface area contributed by atoms with Gasteiger partial charge in [0.1, 0.15) is 17.0 Å². The molecule has 1 saturated heterocycles. The van der Waals surface area contributed by atoms with E-state index in [1.54, 1.807) is 24.0 Å². The maximum atomic E-state index is 15.9. The fraction of sp³-hybridized carbons (Fsp3) is 0.464. The lowest BCUT2D eigenvalue weighted by Gasteiger charge is -2.37. The van der Waals surface area contributed by atoms with Crippen molar-refractivity contribution in [2.75, 3.05) is 37.7 Å². The van der Waals surface area contributed by atoms with Crippen LogP contribution in [-0.4, -0.2) is 55.3 Å². The average Bonchev–Trinajstić information content (AvgIpc) is 3.09. The number of piperazine rings is 1. The Morgan fingerprint density at radius 1 is 1.22 bits per heavy atom. The van der Waals surface area contributed by atoms with E-state index in [1.807, 2.05) is 11.8 Å². The summed E-state index contributed by atoms with van der Waals surface area (Å²) in [6.45, 7) is 7.14. The quantitative estimate of drug-likeness (QED) is 0.412. The van der Waals surface area contributed by atoms with E-state index < -0.39 is 17.6 Å². The molecule has 4 aliphatic rings. The van der Waals surface area contributed by atoms with Crippen molar-refractivity contribution < 1.29 is 28.2 Å². The molecule has 0 bridgehead atoms. The van der Waals surface area contributed by atoms with Crippen molar-refractivity contribution in [1.29, 1.82) is 0 Å². The normalized spacial score (nSPS) is 23.2.